The van der Waals surface area contributed by atoms with E-state index in [9.17, 15) is 4.79 Å². The number of nitrogens with one attached hydrogen (secondary N) is 3. The Hall–Kier alpha value is -2.09. The standard InChI is InChI=1S/C12H22N6O2/c1-7(2)5-14-12(19)8(3)17-10-9(20-4)11(18-13)16-6-15-10/h6-8H,5,13H2,1-4H3,(H,14,19)(H2,15,16,17,18). The molecule has 0 aromatic carbocycles. The molecule has 1 atom stereocenters. The second kappa shape index (κ2) is 7.49. The van der Waals surface area contributed by atoms with Crippen LogP contribution in [0.2, 0.25) is 0 Å². The number of amides is 1. The zero-order valence-corrected chi connectivity index (χ0v) is 12.2. The first-order valence-corrected chi connectivity index (χ1v) is 6.39. The fourth-order valence-corrected chi connectivity index (χ4v) is 1.50. The Balaban J connectivity index is 2.75. The Kier molecular flexibility index (Phi) is 5.98. The van der Waals surface area contributed by atoms with Crippen LogP contribution in [0.15, 0.2) is 6.33 Å². The Morgan fingerprint density at radius 2 is 2.00 bits per heavy atom. The van der Waals surface area contributed by atoms with Crippen LogP contribution in [0, 0.1) is 5.92 Å². The minimum atomic E-state index is -0.455. The molecule has 5 N–H and O–H groups in total. The third-order valence-corrected chi connectivity index (χ3v) is 2.58. The number of hydrogen-bond acceptors (Lipinski definition) is 7. The molecule has 1 heterocycles. The topological polar surface area (TPSA) is 114 Å². The molecule has 8 nitrogen and oxygen atoms in total. The summed E-state index contributed by atoms with van der Waals surface area (Å²) >= 11 is 0. The van der Waals surface area contributed by atoms with E-state index >= 15 is 0 Å². The summed E-state index contributed by atoms with van der Waals surface area (Å²) in [4.78, 5) is 19.9. The minimum absolute atomic E-state index is 0.110. The number of hydrazine groups is 1. The molecule has 0 saturated heterocycles. The van der Waals surface area contributed by atoms with Gasteiger partial charge in [-0.05, 0) is 12.8 Å². The van der Waals surface area contributed by atoms with E-state index in [0.29, 0.717) is 29.8 Å². The summed E-state index contributed by atoms with van der Waals surface area (Å²) < 4.78 is 5.18. The summed E-state index contributed by atoms with van der Waals surface area (Å²) in [5.41, 5.74) is 2.41. The molecular formula is C12H22N6O2. The monoisotopic (exact) mass is 282 g/mol. The predicted molar refractivity (Wildman–Crippen MR) is 77.3 cm³/mol. The molecule has 0 radical (unpaired) electrons. The van der Waals surface area contributed by atoms with Gasteiger partial charge in [-0.25, -0.2) is 15.8 Å². The van der Waals surface area contributed by atoms with Gasteiger partial charge in [0.2, 0.25) is 11.7 Å². The minimum Gasteiger partial charge on any atom is -0.490 e. The number of hydrogen-bond donors (Lipinski definition) is 4. The van der Waals surface area contributed by atoms with Crippen LogP contribution in [-0.4, -0.2) is 35.6 Å². The van der Waals surface area contributed by atoms with Crippen molar-refractivity contribution in [1.82, 2.24) is 15.3 Å². The van der Waals surface area contributed by atoms with Gasteiger partial charge in [-0.3, -0.25) is 4.79 Å². The molecule has 1 amide bonds. The highest BCUT2D eigenvalue weighted by Gasteiger charge is 2.17. The van der Waals surface area contributed by atoms with E-state index in [1.165, 1.54) is 13.4 Å². The number of nitrogens with zero attached hydrogens (tertiary/aromatic N) is 2. The van der Waals surface area contributed by atoms with Crippen LogP contribution in [0.3, 0.4) is 0 Å². The molecule has 0 aliphatic carbocycles. The Morgan fingerprint density at radius 1 is 1.35 bits per heavy atom. The number of nitrogen functional groups attached to an aromatic ring is 1. The number of aromatic nitrogens is 2. The van der Waals surface area contributed by atoms with Crippen molar-refractivity contribution in [3.05, 3.63) is 6.33 Å². The summed E-state index contributed by atoms with van der Waals surface area (Å²) in [6.45, 7) is 6.43. The third kappa shape index (κ3) is 4.23. The van der Waals surface area contributed by atoms with Gasteiger partial charge in [0.1, 0.15) is 12.4 Å². The molecule has 1 unspecified atom stereocenters. The summed E-state index contributed by atoms with van der Waals surface area (Å²) in [7, 11) is 1.48. The Labute approximate surface area is 118 Å². The van der Waals surface area contributed by atoms with Crippen molar-refractivity contribution in [2.24, 2.45) is 11.8 Å². The lowest BCUT2D eigenvalue weighted by Gasteiger charge is -2.18. The zero-order valence-electron chi connectivity index (χ0n) is 12.2. The largest absolute Gasteiger partial charge is 0.490 e. The molecule has 0 fully saturated rings. The van der Waals surface area contributed by atoms with Crippen LogP contribution in [0.1, 0.15) is 20.8 Å². The van der Waals surface area contributed by atoms with Gasteiger partial charge in [-0.15, -0.1) is 0 Å². The molecule has 0 bridgehead atoms. The average Bonchev–Trinajstić information content (AvgIpc) is 2.44. The Bertz CT molecular complexity index is 452. The normalized spacial score (nSPS) is 11.9. The second-order valence-electron chi connectivity index (χ2n) is 4.75. The van der Waals surface area contributed by atoms with Crippen molar-refractivity contribution in [1.29, 1.82) is 0 Å². The number of ether oxygens (including phenoxy) is 1. The first-order chi connectivity index (χ1) is 9.49. The van der Waals surface area contributed by atoms with Crippen molar-refractivity contribution >= 4 is 17.5 Å². The molecule has 1 aromatic rings. The van der Waals surface area contributed by atoms with Gasteiger partial charge in [0, 0.05) is 6.54 Å². The third-order valence-electron chi connectivity index (χ3n) is 2.58. The van der Waals surface area contributed by atoms with Crippen molar-refractivity contribution in [2.75, 3.05) is 24.4 Å². The number of carbonyl (C=O) groups excluding carboxylic acids is 1. The summed E-state index contributed by atoms with van der Waals surface area (Å²) in [6, 6.07) is -0.455. The highest BCUT2D eigenvalue weighted by Crippen LogP contribution is 2.28. The van der Waals surface area contributed by atoms with Crippen molar-refractivity contribution in [3.63, 3.8) is 0 Å². The molecular weight excluding hydrogens is 260 g/mol. The van der Waals surface area contributed by atoms with Gasteiger partial charge >= 0.3 is 0 Å². The molecule has 0 aliphatic heterocycles. The number of anilines is 2. The fraction of sp³-hybridized carbons (Fsp3) is 0.583. The van der Waals surface area contributed by atoms with E-state index in [-0.39, 0.29) is 5.91 Å². The van der Waals surface area contributed by atoms with Gasteiger partial charge < -0.3 is 20.8 Å². The summed E-state index contributed by atoms with van der Waals surface area (Å²) in [5.74, 6) is 6.74. The SMILES string of the molecule is COc1c(NN)ncnc1NC(C)C(=O)NCC(C)C. The quantitative estimate of drug-likeness (QED) is 0.421. The van der Waals surface area contributed by atoms with E-state index in [2.05, 4.69) is 26.0 Å². The lowest BCUT2D eigenvalue weighted by Crippen LogP contribution is -2.39. The van der Waals surface area contributed by atoms with Crippen molar-refractivity contribution < 1.29 is 9.53 Å². The Morgan fingerprint density at radius 3 is 2.55 bits per heavy atom. The van der Waals surface area contributed by atoms with Crippen LogP contribution in [-0.2, 0) is 4.79 Å². The maximum atomic E-state index is 11.9. The van der Waals surface area contributed by atoms with E-state index in [0.717, 1.165) is 0 Å². The van der Waals surface area contributed by atoms with Gasteiger partial charge in [-0.1, -0.05) is 13.8 Å². The van der Waals surface area contributed by atoms with E-state index in [1.807, 2.05) is 13.8 Å². The molecule has 1 aromatic heterocycles. The van der Waals surface area contributed by atoms with Crippen LogP contribution >= 0.6 is 0 Å². The average molecular weight is 282 g/mol. The van der Waals surface area contributed by atoms with Crippen LogP contribution < -0.4 is 26.6 Å². The van der Waals surface area contributed by atoms with Gasteiger partial charge in [0.15, 0.2) is 11.6 Å². The van der Waals surface area contributed by atoms with Gasteiger partial charge in [-0.2, -0.15) is 0 Å². The van der Waals surface area contributed by atoms with Crippen molar-refractivity contribution in [2.45, 2.75) is 26.8 Å². The first-order valence-electron chi connectivity index (χ1n) is 6.39. The van der Waals surface area contributed by atoms with Crippen LogP contribution in [0.4, 0.5) is 11.6 Å². The molecule has 0 aliphatic rings. The van der Waals surface area contributed by atoms with E-state index < -0.39 is 6.04 Å². The zero-order chi connectivity index (χ0) is 15.1. The van der Waals surface area contributed by atoms with E-state index in [1.54, 1.807) is 6.92 Å². The highest BCUT2D eigenvalue weighted by atomic mass is 16.5. The smallest absolute Gasteiger partial charge is 0.242 e. The van der Waals surface area contributed by atoms with Gasteiger partial charge in [0.05, 0.1) is 7.11 Å². The maximum absolute atomic E-state index is 11.9. The summed E-state index contributed by atoms with van der Waals surface area (Å²) in [5, 5.41) is 5.82. The number of methoxy groups -OCH3 is 1. The molecule has 0 spiro atoms. The lowest BCUT2D eigenvalue weighted by molar-refractivity contribution is -0.121. The first kappa shape index (κ1) is 16.0. The molecule has 8 heteroatoms. The molecule has 20 heavy (non-hydrogen) atoms. The number of nitrogens with two attached hydrogens (primary N) is 1. The molecule has 112 valence electrons. The number of rotatable bonds is 7. The van der Waals surface area contributed by atoms with Crippen LogP contribution in [0.5, 0.6) is 5.75 Å². The number of carbonyl (C=O) groups is 1. The van der Waals surface area contributed by atoms with Gasteiger partial charge in [0.25, 0.3) is 0 Å². The predicted octanol–water partition coefficient (Wildman–Crippen LogP) is 0.343. The van der Waals surface area contributed by atoms with Crippen LogP contribution in [0.25, 0.3) is 0 Å². The second-order valence-corrected chi connectivity index (χ2v) is 4.75. The van der Waals surface area contributed by atoms with Crippen molar-refractivity contribution in [3.8, 4) is 5.75 Å². The maximum Gasteiger partial charge on any atom is 0.242 e. The summed E-state index contributed by atoms with van der Waals surface area (Å²) in [6.07, 6.45) is 1.33. The fourth-order valence-electron chi connectivity index (χ4n) is 1.50. The molecule has 0 saturated carbocycles. The highest BCUT2D eigenvalue weighted by molar-refractivity contribution is 5.84. The lowest BCUT2D eigenvalue weighted by atomic mass is 10.2. The molecule has 1 rings (SSSR count). The van der Waals surface area contributed by atoms with E-state index in [4.69, 9.17) is 10.6 Å².